The van der Waals surface area contributed by atoms with Crippen molar-refractivity contribution in [1.29, 1.82) is 0 Å². The van der Waals surface area contributed by atoms with Gasteiger partial charge < -0.3 is 10.2 Å². The van der Waals surface area contributed by atoms with Crippen LogP contribution >= 0.6 is 0 Å². The average molecular weight is 248 g/mol. The van der Waals surface area contributed by atoms with Gasteiger partial charge >= 0.3 is 0 Å². The zero-order valence-electron chi connectivity index (χ0n) is 12.7. The molecule has 0 fully saturated rings. The van der Waals surface area contributed by atoms with Gasteiger partial charge in [0.05, 0.1) is 0 Å². The van der Waals surface area contributed by atoms with E-state index in [1.807, 2.05) is 7.05 Å². The molecule has 1 rings (SSSR count). The second-order valence-electron chi connectivity index (χ2n) is 5.78. The molecule has 0 radical (unpaired) electrons. The summed E-state index contributed by atoms with van der Waals surface area (Å²) in [7, 11) is 6.39. The van der Waals surface area contributed by atoms with E-state index >= 15 is 0 Å². The third kappa shape index (κ3) is 3.82. The molecule has 0 heterocycles. The molecule has 1 aromatic rings. The summed E-state index contributed by atoms with van der Waals surface area (Å²) in [4.78, 5) is 2.34. The lowest BCUT2D eigenvalue weighted by atomic mass is 9.83. The normalized spacial score (nSPS) is 15.1. The van der Waals surface area contributed by atoms with Crippen LogP contribution in [0.1, 0.15) is 31.0 Å². The minimum Gasteiger partial charge on any atom is -0.319 e. The number of nitrogens with zero attached hydrogens (tertiary/aromatic N) is 1. The number of hydrogen-bond donors (Lipinski definition) is 1. The molecule has 0 saturated carbocycles. The summed E-state index contributed by atoms with van der Waals surface area (Å²) in [6, 6.07) is 9.43. The SMILES string of the molecule is CNCC(C(C)C)C(c1ccc(C)cc1)N(C)C. The standard InChI is InChI=1S/C16H28N2/c1-12(2)15(11-17-4)16(18(5)6)14-9-7-13(3)8-10-14/h7-10,12,15-17H,11H2,1-6H3. The van der Waals surface area contributed by atoms with Crippen molar-refractivity contribution < 1.29 is 0 Å². The summed E-state index contributed by atoms with van der Waals surface area (Å²) in [5.41, 5.74) is 2.74. The fraction of sp³-hybridized carbons (Fsp3) is 0.625. The fourth-order valence-corrected chi connectivity index (χ4v) is 2.64. The largest absolute Gasteiger partial charge is 0.319 e. The van der Waals surface area contributed by atoms with E-state index in [1.165, 1.54) is 11.1 Å². The number of benzene rings is 1. The van der Waals surface area contributed by atoms with Crippen LogP contribution in [-0.4, -0.2) is 32.6 Å². The number of hydrogen-bond acceptors (Lipinski definition) is 2. The van der Waals surface area contributed by atoms with Crippen molar-refractivity contribution in [3.63, 3.8) is 0 Å². The van der Waals surface area contributed by atoms with Crippen molar-refractivity contribution in [2.24, 2.45) is 11.8 Å². The quantitative estimate of drug-likeness (QED) is 0.832. The molecule has 0 aromatic heterocycles. The van der Waals surface area contributed by atoms with Crippen LogP contribution < -0.4 is 5.32 Å². The smallest absolute Gasteiger partial charge is 0.0384 e. The Labute approximate surface area is 112 Å². The summed E-state index contributed by atoms with van der Waals surface area (Å²) < 4.78 is 0. The molecule has 0 aliphatic carbocycles. The maximum atomic E-state index is 3.34. The lowest BCUT2D eigenvalue weighted by molar-refractivity contribution is 0.169. The highest BCUT2D eigenvalue weighted by Gasteiger charge is 2.27. The van der Waals surface area contributed by atoms with Crippen molar-refractivity contribution >= 4 is 0 Å². The Kier molecular flexibility index (Phi) is 5.83. The molecule has 1 N–H and O–H groups in total. The van der Waals surface area contributed by atoms with E-state index in [-0.39, 0.29) is 0 Å². The van der Waals surface area contributed by atoms with Gasteiger partial charge in [0.25, 0.3) is 0 Å². The first-order valence-electron chi connectivity index (χ1n) is 6.85. The van der Waals surface area contributed by atoms with Gasteiger partial charge in [0.15, 0.2) is 0 Å². The summed E-state index contributed by atoms with van der Waals surface area (Å²) in [5.74, 6) is 1.28. The van der Waals surface area contributed by atoms with Gasteiger partial charge in [-0.25, -0.2) is 0 Å². The van der Waals surface area contributed by atoms with E-state index in [9.17, 15) is 0 Å². The van der Waals surface area contributed by atoms with Crippen LogP contribution in [0.5, 0.6) is 0 Å². The molecule has 2 nitrogen and oxygen atoms in total. The fourth-order valence-electron chi connectivity index (χ4n) is 2.64. The Bertz CT molecular complexity index is 341. The molecule has 18 heavy (non-hydrogen) atoms. The van der Waals surface area contributed by atoms with Crippen LogP contribution in [-0.2, 0) is 0 Å². The third-order valence-corrected chi connectivity index (χ3v) is 3.68. The number of nitrogens with one attached hydrogen (secondary N) is 1. The molecule has 2 heteroatoms. The van der Waals surface area contributed by atoms with Crippen LogP contribution in [0.4, 0.5) is 0 Å². The first-order valence-corrected chi connectivity index (χ1v) is 6.85. The van der Waals surface area contributed by atoms with E-state index in [0.717, 1.165) is 6.54 Å². The summed E-state index contributed by atoms with van der Waals surface area (Å²) in [6.45, 7) is 7.82. The topological polar surface area (TPSA) is 15.3 Å². The van der Waals surface area contributed by atoms with Gasteiger partial charge in [-0.1, -0.05) is 43.7 Å². The molecule has 2 atom stereocenters. The van der Waals surface area contributed by atoms with Crippen molar-refractivity contribution in [2.75, 3.05) is 27.7 Å². The van der Waals surface area contributed by atoms with Crippen LogP contribution in [0, 0.1) is 18.8 Å². The Morgan fingerprint density at radius 1 is 1.11 bits per heavy atom. The molecule has 102 valence electrons. The van der Waals surface area contributed by atoms with Crippen LogP contribution in [0.2, 0.25) is 0 Å². The Hall–Kier alpha value is -0.860. The summed E-state index contributed by atoms with van der Waals surface area (Å²) >= 11 is 0. The highest BCUT2D eigenvalue weighted by Crippen LogP contribution is 2.31. The lowest BCUT2D eigenvalue weighted by Gasteiger charge is -2.35. The van der Waals surface area contributed by atoms with E-state index in [0.29, 0.717) is 17.9 Å². The minimum atomic E-state index is 0.470. The van der Waals surface area contributed by atoms with Crippen molar-refractivity contribution in [1.82, 2.24) is 10.2 Å². The zero-order chi connectivity index (χ0) is 13.7. The molecule has 0 bridgehead atoms. The Morgan fingerprint density at radius 2 is 1.67 bits per heavy atom. The van der Waals surface area contributed by atoms with Gasteiger partial charge in [-0.3, -0.25) is 0 Å². The Balaban J connectivity index is 3.03. The molecule has 0 amide bonds. The highest BCUT2D eigenvalue weighted by atomic mass is 15.1. The van der Waals surface area contributed by atoms with Crippen molar-refractivity contribution in [3.8, 4) is 0 Å². The first-order chi connectivity index (χ1) is 8.47. The van der Waals surface area contributed by atoms with E-state index < -0.39 is 0 Å². The average Bonchev–Trinajstić information content (AvgIpc) is 2.30. The zero-order valence-corrected chi connectivity index (χ0v) is 12.7. The molecule has 0 saturated heterocycles. The summed E-state index contributed by atoms with van der Waals surface area (Å²) in [5, 5.41) is 3.34. The molecule has 2 unspecified atom stereocenters. The number of rotatable bonds is 6. The van der Waals surface area contributed by atoms with Gasteiger partial charge in [-0.05, 0) is 52.0 Å². The van der Waals surface area contributed by atoms with Gasteiger partial charge in [-0.15, -0.1) is 0 Å². The predicted molar refractivity (Wildman–Crippen MR) is 79.9 cm³/mol. The number of aryl methyl sites for hydroxylation is 1. The second kappa shape index (κ2) is 6.91. The molecule has 0 aliphatic heterocycles. The van der Waals surface area contributed by atoms with E-state index in [1.54, 1.807) is 0 Å². The first kappa shape index (κ1) is 15.2. The lowest BCUT2D eigenvalue weighted by Crippen LogP contribution is -2.36. The van der Waals surface area contributed by atoms with Crippen LogP contribution in [0.3, 0.4) is 0 Å². The molecule has 0 aliphatic rings. The molecule has 1 aromatic carbocycles. The van der Waals surface area contributed by atoms with Crippen molar-refractivity contribution in [3.05, 3.63) is 35.4 Å². The van der Waals surface area contributed by atoms with Gasteiger partial charge in [0.1, 0.15) is 0 Å². The predicted octanol–water partition coefficient (Wildman–Crippen LogP) is 3.09. The van der Waals surface area contributed by atoms with Crippen LogP contribution in [0.25, 0.3) is 0 Å². The van der Waals surface area contributed by atoms with Crippen LogP contribution in [0.15, 0.2) is 24.3 Å². The highest BCUT2D eigenvalue weighted by molar-refractivity contribution is 5.25. The monoisotopic (exact) mass is 248 g/mol. The van der Waals surface area contributed by atoms with Gasteiger partial charge in [-0.2, -0.15) is 0 Å². The summed E-state index contributed by atoms with van der Waals surface area (Å²) in [6.07, 6.45) is 0. The second-order valence-corrected chi connectivity index (χ2v) is 5.78. The van der Waals surface area contributed by atoms with Crippen molar-refractivity contribution in [2.45, 2.75) is 26.8 Å². The minimum absolute atomic E-state index is 0.470. The van der Waals surface area contributed by atoms with E-state index in [4.69, 9.17) is 0 Å². The maximum Gasteiger partial charge on any atom is 0.0384 e. The third-order valence-electron chi connectivity index (χ3n) is 3.68. The Morgan fingerprint density at radius 3 is 2.06 bits per heavy atom. The maximum absolute atomic E-state index is 3.34. The van der Waals surface area contributed by atoms with Gasteiger partial charge in [0.2, 0.25) is 0 Å². The molecular weight excluding hydrogens is 220 g/mol. The van der Waals surface area contributed by atoms with E-state index in [2.05, 4.69) is 69.3 Å². The molecule has 0 spiro atoms. The van der Waals surface area contributed by atoms with Gasteiger partial charge in [0, 0.05) is 6.04 Å². The molecular formula is C16H28N2.